The van der Waals surface area contributed by atoms with Crippen LogP contribution in [0.4, 0.5) is 4.39 Å². The minimum absolute atomic E-state index is 0.314. The van der Waals surface area contributed by atoms with E-state index in [2.05, 4.69) is 4.98 Å². The maximum absolute atomic E-state index is 14.0. The zero-order valence-corrected chi connectivity index (χ0v) is 11.3. The Morgan fingerprint density at radius 3 is 2.71 bits per heavy atom. The van der Waals surface area contributed by atoms with Gasteiger partial charge in [-0.3, -0.25) is 0 Å². The van der Waals surface area contributed by atoms with Crippen LogP contribution >= 0.6 is 0 Å². The number of pyridine rings is 1. The van der Waals surface area contributed by atoms with Gasteiger partial charge in [-0.15, -0.1) is 0 Å². The summed E-state index contributed by atoms with van der Waals surface area (Å²) >= 11 is 0. The highest BCUT2D eigenvalue weighted by Gasteiger charge is 2.17. The molecule has 0 bridgehead atoms. The number of carboxylic acid groups (broad SMARTS) is 1. The van der Waals surface area contributed by atoms with Crippen LogP contribution in [0.25, 0.3) is 0 Å². The standard InChI is InChI=1S/C16H14FNO3/c17-14-13(16(19)20)7-8-18-15(14)21-12-6-5-10-3-1-2-4-11(10)9-12/h5-9H,1-4H2,(H,19,20). The van der Waals surface area contributed by atoms with Crippen molar-refractivity contribution in [3.05, 3.63) is 53.0 Å². The van der Waals surface area contributed by atoms with Crippen LogP contribution in [0.5, 0.6) is 11.6 Å². The molecule has 4 nitrogen and oxygen atoms in total. The molecule has 3 rings (SSSR count). The molecule has 1 N–H and O–H groups in total. The number of halogens is 1. The molecule has 0 saturated carbocycles. The zero-order valence-electron chi connectivity index (χ0n) is 11.3. The minimum Gasteiger partial charge on any atom is -0.478 e. The van der Waals surface area contributed by atoms with Crippen LogP contribution < -0.4 is 4.74 Å². The van der Waals surface area contributed by atoms with Gasteiger partial charge in [0.05, 0.1) is 0 Å². The Kier molecular flexibility index (Phi) is 3.56. The van der Waals surface area contributed by atoms with E-state index in [-0.39, 0.29) is 5.88 Å². The molecule has 0 radical (unpaired) electrons. The van der Waals surface area contributed by atoms with E-state index < -0.39 is 17.3 Å². The molecule has 1 aliphatic carbocycles. The van der Waals surface area contributed by atoms with Crippen LogP contribution in [0, 0.1) is 5.82 Å². The van der Waals surface area contributed by atoms with E-state index >= 15 is 0 Å². The van der Waals surface area contributed by atoms with Crippen molar-refractivity contribution in [3.63, 3.8) is 0 Å². The lowest BCUT2D eigenvalue weighted by molar-refractivity contribution is 0.0690. The van der Waals surface area contributed by atoms with Gasteiger partial charge in [0.2, 0.25) is 0 Å². The second kappa shape index (κ2) is 5.52. The Balaban J connectivity index is 1.90. The van der Waals surface area contributed by atoms with E-state index in [1.165, 1.54) is 23.7 Å². The highest BCUT2D eigenvalue weighted by atomic mass is 19.1. The number of benzene rings is 1. The van der Waals surface area contributed by atoms with E-state index in [1.54, 1.807) is 6.07 Å². The molecule has 0 spiro atoms. The van der Waals surface area contributed by atoms with Gasteiger partial charge in [-0.2, -0.15) is 0 Å². The lowest BCUT2D eigenvalue weighted by Gasteiger charge is -2.16. The summed E-state index contributed by atoms with van der Waals surface area (Å²) in [7, 11) is 0. The van der Waals surface area contributed by atoms with Gasteiger partial charge in [0, 0.05) is 6.20 Å². The number of carboxylic acids is 1. The number of hydrogen-bond donors (Lipinski definition) is 1. The molecule has 1 heterocycles. The first kappa shape index (κ1) is 13.5. The van der Waals surface area contributed by atoms with Crippen molar-refractivity contribution >= 4 is 5.97 Å². The molecule has 0 amide bonds. The third-order valence-electron chi connectivity index (χ3n) is 3.62. The van der Waals surface area contributed by atoms with E-state index in [4.69, 9.17) is 9.84 Å². The minimum atomic E-state index is -1.34. The summed E-state index contributed by atoms with van der Waals surface area (Å²) in [4.78, 5) is 14.7. The van der Waals surface area contributed by atoms with Crippen LogP contribution in [-0.4, -0.2) is 16.1 Å². The average molecular weight is 287 g/mol. The number of ether oxygens (including phenoxy) is 1. The molecule has 0 fully saturated rings. The molecule has 21 heavy (non-hydrogen) atoms. The molecule has 0 unspecified atom stereocenters. The SMILES string of the molecule is O=C(O)c1ccnc(Oc2ccc3c(c2)CCCC3)c1F. The number of rotatable bonds is 3. The quantitative estimate of drug-likeness (QED) is 0.937. The molecule has 108 valence electrons. The molecule has 1 aromatic carbocycles. The number of aromatic carboxylic acids is 1. The van der Waals surface area contributed by atoms with E-state index in [0.717, 1.165) is 25.3 Å². The summed E-state index contributed by atoms with van der Waals surface area (Å²) in [5, 5.41) is 8.89. The Morgan fingerprint density at radius 2 is 1.95 bits per heavy atom. The fraction of sp³-hybridized carbons (Fsp3) is 0.250. The highest BCUT2D eigenvalue weighted by molar-refractivity contribution is 5.88. The number of aromatic nitrogens is 1. The molecular weight excluding hydrogens is 273 g/mol. The first-order valence-corrected chi connectivity index (χ1v) is 6.82. The topological polar surface area (TPSA) is 59.4 Å². The molecule has 0 atom stereocenters. The number of hydrogen-bond acceptors (Lipinski definition) is 3. The second-order valence-corrected chi connectivity index (χ2v) is 5.02. The highest BCUT2D eigenvalue weighted by Crippen LogP contribution is 2.29. The van der Waals surface area contributed by atoms with Crippen LogP contribution in [-0.2, 0) is 12.8 Å². The third kappa shape index (κ3) is 2.72. The van der Waals surface area contributed by atoms with Crippen LogP contribution in [0.1, 0.15) is 34.3 Å². The number of carbonyl (C=O) groups is 1. The Bertz CT molecular complexity index is 700. The summed E-state index contributed by atoms with van der Waals surface area (Å²) in [5.74, 6) is -2.14. The summed E-state index contributed by atoms with van der Waals surface area (Å²) in [5.41, 5.74) is 2.05. The fourth-order valence-electron chi connectivity index (χ4n) is 2.55. The molecule has 0 saturated heterocycles. The van der Waals surface area contributed by atoms with Gasteiger partial charge in [-0.05, 0) is 55.0 Å². The van der Waals surface area contributed by atoms with E-state index in [0.29, 0.717) is 5.75 Å². The average Bonchev–Trinajstić information content (AvgIpc) is 2.49. The van der Waals surface area contributed by atoms with Crippen LogP contribution in [0.2, 0.25) is 0 Å². The molecule has 0 aliphatic heterocycles. The molecule has 5 heteroatoms. The van der Waals surface area contributed by atoms with Gasteiger partial charge in [0.25, 0.3) is 5.88 Å². The van der Waals surface area contributed by atoms with Gasteiger partial charge in [0.1, 0.15) is 11.3 Å². The van der Waals surface area contributed by atoms with Gasteiger partial charge in [0.15, 0.2) is 5.82 Å². The van der Waals surface area contributed by atoms with Gasteiger partial charge >= 0.3 is 5.97 Å². The third-order valence-corrected chi connectivity index (χ3v) is 3.62. The van der Waals surface area contributed by atoms with Crippen LogP contribution in [0.15, 0.2) is 30.5 Å². The van der Waals surface area contributed by atoms with Crippen molar-refractivity contribution in [1.82, 2.24) is 4.98 Å². The van der Waals surface area contributed by atoms with Gasteiger partial charge < -0.3 is 9.84 Å². The molecule has 2 aromatic rings. The van der Waals surface area contributed by atoms with E-state index in [1.807, 2.05) is 12.1 Å². The smallest absolute Gasteiger partial charge is 0.338 e. The van der Waals surface area contributed by atoms with Crippen molar-refractivity contribution in [1.29, 1.82) is 0 Å². The maximum atomic E-state index is 14.0. The summed E-state index contributed by atoms with van der Waals surface area (Å²) in [6.07, 6.45) is 5.58. The molecule has 1 aliphatic rings. The largest absolute Gasteiger partial charge is 0.478 e. The number of fused-ring (bicyclic) bond motifs is 1. The lowest BCUT2D eigenvalue weighted by atomic mass is 9.92. The number of nitrogens with zero attached hydrogens (tertiary/aromatic N) is 1. The van der Waals surface area contributed by atoms with Gasteiger partial charge in [-0.1, -0.05) is 6.07 Å². The Hall–Kier alpha value is -2.43. The molecular formula is C16H14FNO3. The zero-order chi connectivity index (χ0) is 14.8. The predicted molar refractivity (Wildman–Crippen MR) is 74.3 cm³/mol. The first-order valence-electron chi connectivity index (χ1n) is 6.82. The molecule has 1 aromatic heterocycles. The van der Waals surface area contributed by atoms with Gasteiger partial charge in [-0.25, -0.2) is 14.2 Å². The van der Waals surface area contributed by atoms with Crippen molar-refractivity contribution in [3.8, 4) is 11.6 Å². The Morgan fingerprint density at radius 1 is 1.19 bits per heavy atom. The predicted octanol–water partition coefficient (Wildman–Crippen LogP) is 3.59. The van der Waals surface area contributed by atoms with Crippen molar-refractivity contribution in [2.24, 2.45) is 0 Å². The fourth-order valence-corrected chi connectivity index (χ4v) is 2.55. The van der Waals surface area contributed by atoms with E-state index in [9.17, 15) is 9.18 Å². The monoisotopic (exact) mass is 287 g/mol. The van der Waals surface area contributed by atoms with Crippen LogP contribution in [0.3, 0.4) is 0 Å². The first-order chi connectivity index (χ1) is 10.1. The van der Waals surface area contributed by atoms with Crippen molar-refractivity contribution < 1.29 is 19.0 Å². The summed E-state index contributed by atoms with van der Waals surface area (Å²) in [6, 6.07) is 6.72. The number of aryl methyl sites for hydroxylation is 2. The normalized spacial score (nSPS) is 13.6. The van der Waals surface area contributed by atoms with Crippen molar-refractivity contribution in [2.75, 3.05) is 0 Å². The lowest BCUT2D eigenvalue weighted by Crippen LogP contribution is -2.05. The maximum Gasteiger partial charge on any atom is 0.338 e. The summed E-state index contributed by atoms with van der Waals surface area (Å²) in [6.45, 7) is 0. The Labute approximate surface area is 121 Å². The van der Waals surface area contributed by atoms with Crippen molar-refractivity contribution in [2.45, 2.75) is 25.7 Å². The second-order valence-electron chi connectivity index (χ2n) is 5.02. The summed E-state index contributed by atoms with van der Waals surface area (Å²) < 4.78 is 19.4.